The van der Waals surface area contributed by atoms with Crippen molar-refractivity contribution in [2.75, 3.05) is 26.2 Å². The van der Waals surface area contributed by atoms with E-state index < -0.39 is 6.04 Å². The van der Waals surface area contributed by atoms with Gasteiger partial charge in [0.2, 0.25) is 5.91 Å². The summed E-state index contributed by atoms with van der Waals surface area (Å²) in [6.45, 7) is 18.2. The van der Waals surface area contributed by atoms with Crippen molar-refractivity contribution in [2.24, 2.45) is 4.99 Å². The summed E-state index contributed by atoms with van der Waals surface area (Å²) in [4.78, 5) is 24.7. The minimum absolute atomic E-state index is 0.0147. The summed E-state index contributed by atoms with van der Waals surface area (Å²) < 4.78 is 2.05. The first kappa shape index (κ1) is 29.3. The Hall–Kier alpha value is -2.20. The van der Waals surface area contributed by atoms with Gasteiger partial charge in [-0.05, 0) is 58.7 Å². The summed E-state index contributed by atoms with van der Waals surface area (Å²) in [5, 5.41) is 10.7. The maximum Gasteiger partial charge on any atom is 0.225 e. The van der Waals surface area contributed by atoms with Crippen LogP contribution in [-0.4, -0.2) is 72.6 Å². The largest absolute Gasteiger partial charge is 0.340 e. The van der Waals surface area contributed by atoms with Gasteiger partial charge in [0.05, 0.1) is 12.1 Å². The molecule has 1 atom stereocenters. The molecule has 0 aliphatic carbocycles. The van der Waals surface area contributed by atoms with Crippen LogP contribution in [0.5, 0.6) is 0 Å². The Labute approximate surface area is 252 Å². The molecule has 2 aliphatic heterocycles. The van der Waals surface area contributed by atoms with Crippen LogP contribution in [0.4, 0.5) is 0 Å². The number of carbonyl (C=O) groups is 1. The number of piperazine rings is 1. The molecule has 7 nitrogen and oxygen atoms in total. The molecule has 3 aromatic rings. The zero-order chi connectivity index (χ0) is 29.0. The number of aliphatic imine (C=N–C) groups is 1. The van der Waals surface area contributed by atoms with Crippen molar-refractivity contribution in [1.82, 2.24) is 24.6 Å². The van der Waals surface area contributed by atoms with Gasteiger partial charge in [-0.2, -0.15) is 12.6 Å². The highest BCUT2D eigenvalue weighted by Gasteiger charge is 2.37. The fourth-order valence-corrected chi connectivity index (χ4v) is 7.89. The van der Waals surface area contributed by atoms with Crippen molar-refractivity contribution >= 4 is 47.2 Å². The minimum atomic E-state index is -0.446. The zero-order valence-corrected chi connectivity index (χ0v) is 26.9. The number of hydrogen-bond acceptors (Lipinski definition) is 7. The molecule has 5 rings (SSSR count). The zero-order valence-electron chi connectivity index (χ0n) is 24.5. The van der Waals surface area contributed by atoms with Gasteiger partial charge in [-0.25, -0.2) is 0 Å². The van der Waals surface area contributed by atoms with Crippen molar-refractivity contribution in [3.8, 4) is 5.00 Å². The molecule has 0 spiro atoms. The molecule has 2 aliphatic rings. The molecule has 0 radical (unpaired) electrons. The second-order valence-corrected chi connectivity index (χ2v) is 15.1. The lowest BCUT2D eigenvalue weighted by molar-refractivity contribution is -0.134. The number of aryl methyl sites for hydroxylation is 2. The number of carbonyl (C=O) groups excluding carboxylic acids is 1. The number of nitrogens with zero attached hydrogens (tertiary/aromatic N) is 6. The van der Waals surface area contributed by atoms with E-state index in [1.54, 1.807) is 11.3 Å². The Morgan fingerprint density at radius 3 is 2.33 bits per heavy atom. The predicted molar refractivity (Wildman–Crippen MR) is 168 cm³/mol. The smallest absolute Gasteiger partial charge is 0.225 e. The van der Waals surface area contributed by atoms with Gasteiger partial charge in [0.25, 0.3) is 0 Å². The number of rotatable bonds is 6. The van der Waals surface area contributed by atoms with Gasteiger partial charge in [0.15, 0.2) is 5.82 Å². The van der Waals surface area contributed by atoms with Crippen molar-refractivity contribution in [3.63, 3.8) is 0 Å². The topological polar surface area (TPSA) is 66.6 Å². The van der Waals surface area contributed by atoms with Crippen LogP contribution in [-0.2, 0) is 4.79 Å². The molecule has 2 aromatic heterocycles. The van der Waals surface area contributed by atoms with Crippen LogP contribution in [0.15, 0.2) is 29.3 Å². The molecular weight excluding hydrogens is 560 g/mol. The van der Waals surface area contributed by atoms with Gasteiger partial charge >= 0.3 is 0 Å². The van der Waals surface area contributed by atoms with Crippen LogP contribution in [0, 0.1) is 20.8 Å². The highest BCUT2D eigenvalue weighted by molar-refractivity contribution is 7.81. The lowest BCUT2D eigenvalue weighted by Gasteiger charge is -2.46. The monoisotopic (exact) mass is 598 g/mol. The molecule has 0 saturated carbocycles. The van der Waals surface area contributed by atoms with Crippen LogP contribution in [0.3, 0.4) is 0 Å². The van der Waals surface area contributed by atoms with E-state index in [-0.39, 0.29) is 22.6 Å². The Morgan fingerprint density at radius 2 is 1.70 bits per heavy atom. The second kappa shape index (κ2) is 10.9. The van der Waals surface area contributed by atoms with E-state index in [9.17, 15) is 4.79 Å². The number of fused-ring (bicyclic) bond motifs is 3. The normalized spacial score (nSPS) is 18.3. The number of hydrogen-bond donors (Lipinski definition) is 1. The maximum absolute atomic E-state index is 13.8. The van der Waals surface area contributed by atoms with Crippen molar-refractivity contribution in [1.29, 1.82) is 0 Å². The molecule has 1 saturated heterocycles. The maximum atomic E-state index is 13.8. The third-order valence-electron chi connectivity index (χ3n) is 8.08. The fraction of sp³-hybridized carbons (Fsp3) is 0.533. The van der Waals surface area contributed by atoms with E-state index in [4.69, 9.17) is 29.2 Å². The van der Waals surface area contributed by atoms with Crippen LogP contribution in [0.2, 0.25) is 5.02 Å². The number of amides is 1. The molecule has 10 heteroatoms. The minimum Gasteiger partial charge on any atom is -0.340 e. The molecule has 4 heterocycles. The average molecular weight is 599 g/mol. The van der Waals surface area contributed by atoms with Gasteiger partial charge in [0.1, 0.15) is 16.9 Å². The summed E-state index contributed by atoms with van der Waals surface area (Å²) in [5.74, 6) is 1.61. The van der Waals surface area contributed by atoms with Crippen LogP contribution < -0.4 is 0 Å². The molecule has 0 bridgehead atoms. The van der Waals surface area contributed by atoms with Crippen LogP contribution in [0.1, 0.15) is 79.8 Å². The summed E-state index contributed by atoms with van der Waals surface area (Å²) in [6, 6.07) is 7.34. The number of thiol groups is 1. The number of halogens is 1. The van der Waals surface area contributed by atoms with E-state index in [1.807, 2.05) is 36.1 Å². The van der Waals surface area contributed by atoms with E-state index in [2.05, 4.69) is 61.2 Å². The molecule has 1 amide bonds. The number of thiophene rings is 1. The molecule has 1 fully saturated rings. The summed E-state index contributed by atoms with van der Waals surface area (Å²) in [7, 11) is 0. The lowest BCUT2D eigenvalue weighted by Crippen LogP contribution is -2.57. The van der Waals surface area contributed by atoms with Gasteiger partial charge < -0.3 is 4.90 Å². The first-order chi connectivity index (χ1) is 18.7. The van der Waals surface area contributed by atoms with Gasteiger partial charge in [-0.15, -0.1) is 21.5 Å². The first-order valence-corrected chi connectivity index (χ1v) is 15.5. The van der Waals surface area contributed by atoms with Gasteiger partial charge in [0, 0.05) is 57.5 Å². The first-order valence-electron chi connectivity index (χ1n) is 13.9. The quantitative estimate of drug-likeness (QED) is 0.343. The Balaban J connectivity index is 1.44. The second-order valence-electron chi connectivity index (χ2n) is 12.3. The summed E-state index contributed by atoms with van der Waals surface area (Å²) >= 11 is 12.7. The highest BCUT2D eigenvalue weighted by Crippen LogP contribution is 2.40. The number of benzene rings is 1. The summed E-state index contributed by atoms with van der Waals surface area (Å²) in [5.41, 5.74) is 4.12. The molecular formula is C30H39ClN6OS2. The average Bonchev–Trinajstić information content (AvgIpc) is 3.35. The SMILES string of the molecule is Cc1sc2c(c1C)C(c1ccc(Cl)cc1)=NC(CC(=O)N1CCN(C(C)(C)CC(C)(C)S)CC1)c1nnc(C)n1-2. The van der Waals surface area contributed by atoms with Crippen molar-refractivity contribution < 1.29 is 4.79 Å². The van der Waals surface area contributed by atoms with Gasteiger partial charge in [-0.1, -0.05) is 37.6 Å². The predicted octanol–water partition coefficient (Wildman–Crippen LogP) is 6.21. The third kappa shape index (κ3) is 5.75. The lowest BCUT2D eigenvalue weighted by atomic mass is 9.89. The third-order valence-corrected chi connectivity index (χ3v) is 9.68. The number of aromatic nitrogens is 3. The van der Waals surface area contributed by atoms with E-state index in [1.165, 1.54) is 10.4 Å². The Kier molecular flexibility index (Phi) is 7.98. The van der Waals surface area contributed by atoms with Gasteiger partial charge in [-0.3, -0.25) is 19.3 Å². The molecule has 214 valence electrons. The summed E-state index contributed by atoms with van der Waals surface area (Å²) in [6.07, 6.45) is 1.22. The van der Waals surface area contributed by atoms with E-state index in [0.29, 0.717) is 23.9 Å². The molecule has 40 heavy (non-hydrogen) atoms. The highest BCUT2D eigenvalue weighted by atomic mass is 35.5. The molecule has 1 unspecified atom stereocenters. The van der Waals surface area contributed by atoms with Crippen LogP contribution >= 0.6 is 35.6 Å². The van der Waals surface area contributed by atoms with Crippen molar-refractivity contribution in [2.45, 2.75) is 77.6 Å². The van der Waals surface area contributed by atoms with E-state index >= 15 is 0 Å². The standard InChI is InChI=1S/C30H39ClN6OS2/c1-18-19(2)40-28-25(18)26(21-8-10-22(31)11-9-21)32-23(27-34-33-20(3)37(27)28)16-24(38)35-12-14-36(15-13-35)29(4,5)17-30(6,7)39/h8-11,23,39H,12-17H2,1-7H3. The Bertz CT molecular complexity index is 1440. The molecule has 1 aromatic carbocycles. The van der Waals surface area contributed by atoms with Crippen LogP contribution in [0.25, 0.3) is 5.00 Å². The van der Waals surface area contributed by atoms with Crippen molar-refractivity contribution in [3.05, 3.63) is 62.5 Å². The molecule has 0 N–H and O–H groups in total. The fourth-order valence-electron chi connectivity index (χ4n) is 6.16. The Morgan fingerprint density at radius 1 is 1.05 bits per heavy atom. The van der Waals surface area contributed by atoms with E-state index in [0.717, 1.165) is 47.2 Å².